The SMILES string of the molecule is O=C(/C=C/c1ccccc1Br)c1ccc2c(c1)-c1ccccc1C2. The van der Waals surface area contributed by atoms with Crippen LogP contribution in [0.3, 0.4) is 0 Å². The number of rotatable bonds is 3. The molecule has 1 nitrogen and oxygen atoms in total. The highest BCUT2D eigenvalue weighted by Gasteiger charge is 2.18. The van der Waals surface area contributed by atoms with Gasteiger partial charge in [0.05, 0.1) is 0 Å². The fraction of sp³-hybridized carbons (Fsp3) is 0.0455. The van der Waals surface area contributed by atoms with E-state index in [-0.39, 0.29) is 5.78 Å². The van der Waals surface area contributed by atoms with Crippen LogP contribution in [0.15, 0.2) is 77.3 Å². The number of hydrogen-bond donors (Lipinski definition) is 0. The standard InChI is InChI=1S/C22H15BrO/c23-21-8-4-2-5-15(21)11-12-22(24)18-10-9-17-13-16-6-1-3-7-19(16)20(17)14-18/h1-12,14H,13H2/b12-11+. The molecule has 0 fully saturated rings. The Bertz CT molecular complexity index is 969. The van der Waals surface area contributed by atoms with Crippen LogP contribution in [0.4, 0.5) is 0 Å². The van der Waals surface area contributed by atoms with Crippen LogP contribution in [0.25, 0.3) is 17.2 Å². The molecule has 0 aromatic heterocycles. The van der Waals surface area contributed by atoms with Crippen LogP contribution >= 0.6 is 15.9 Å². The maximum atomic E-state index is 12.5. The minimum Gasteiger partial charge on any atom is -0.289 e. The molecule has 0 N–H and O–H groups in total. The van der Waals surface area contributed by atoms with Gasteiger partial charge in [-0.05, 0) is 58.5 Å². The van der Waals surface area contributed by atoms with E-state index in [4.69, 9.17) is 0 Å². The topological polar surface area (TPSA) is 17.1 Å². The first-order valence-electron chi connectivity index (χ1n) is 7.90. The molecule has 0 atom stereocenters. The number of carbonyl (C=O) groups excluding carboxylic acids is 1. The zero-order valence-corrected chi connectivity index (χ0v) is 14.6. The van der Waals surface area contributed by atoms with Crippen LogP contribution < -0.4 is 0 Å². The predicted molar refractivity (Wildman–Crippen MR) is 102 cm³/mol. The summed E-state index contributed by atoms with van der Waals surface area (Å²) in [5.74, 6) is 0.0259. The van der Waals surface area contributed by atoms with E-state index in [1.807, 2.05) is 42.5 Å². The van der Waals surface area contributed by atoms with Crippen molar-refractivity contribution in [1.82, 2.24) is 0 Å². The number of halogens is 1. The highest BCUT2D eigenvalue weighted by Crippen LogP contribution is 2.36. The Morgan fingerprint density at radius 2 is 1.62 bits per heavy atom. The van der Waals surface area contributed by atoms with E-state index in [0.717, 1.165) is 22.0 Å². The van der Waals surface area contributed by atoms with E-state index in [2.05, 4.69) is 46.3 Å². The Hall–Kier alpha value is -2.45. The van der Waals surface area contributed by atoms with Gasteiger partial charge in [0.25, 0.3) is 0 Å². The Balaban J connectivity index is 1.65. The van der Waals surface area contributed by atoms with Crippen molar-refractivity contribution in [3.05, 3.63) is 99.5 Å². The zero-order chi connectivity index (χ0) is 16.5. The molecule has 1 aliphatic carbocycles. The highest BCUT2D eigenvalue weighted by molar-refractivity contribution is 9.10. The lowest BCUT2D eigenvalue weighted by atomic mass is 10.0. The minimum absolute atomic E-state index is 0.0259. The Morgan fingerprint density at radius 1 is 0.875 bits per heavy atom. The fourth-order valence-electron chi connectivity index (χ4n) is 3.15. The number of allylic oxidation sites excluding steroid dienone is 1. The van der Waals surface area contributed by atoms with E-state index in [0.29, 0.717) is 0 Å². The first kappa shape index (κ1) is 15.1. The van der Waals surface area contributed by atoms with Gasteiger partial charge in [0.1, 0.15) is 0 Å². The minimum atomic E-state index is 0.0259. The van der Waals surface area contributed by atoms with Gasteiger partial charge in [0.2, 0.25) is 0 Å². The molecule has 0 bridgehead atoms. The number of fused-ring (bicyclic) bond motifs is 3. The second-order valence-corrected chi connectivity index (χ2v) is 6.78. The van der Waals surface area contributed by atoms with Crippen molar-refractivity contribution < 1.29 is 4.79 Å². The van der Waals surface area contributed by atoms with E-state index < -0.39 is 0 Å². The molecule has 4 rings (SSSR count). The Kier molecular flexibility index (Phi) is 3.91. The van der Waals surface area contributed by atoms with Crippen molar-refractivity contribution in [2.45, 2.75) is 6.42 Å². The smallest absolute Gasteiger partial charge is 0.185 e. The van der Waals surface area contributed by atoms with E-state index >= 15 is 0 Å². The molecule has 3 aromatic rings. The zero-order valence-electron chi connectivity index (χ0n) is 13.0. The van der Waals surface area contributed by atoms with Crippen LogP contribution in [-0.4, -0.2) is 5.78 Å². The first-order chi connectivity index (χ1) is 11.7. The quantitative estimate of drug-likeness (QED) is 0.321. The van der Waals surface area contributed by atoms with Crippen molar-refractivity contribution >= 4 is 27.8 Å². The van der Waals surface area contributed by atoms with Crippen LogP contribution in [0.2, 0.25) is 0 Å². The maximum absolute atomic E-state index is 12.5. The Labute approximate surface area is 149 Å². The van der Waals surface area contributed by atoms with Gasteiger partial charge in [-0.15, -0.1) is 0 Å². The van der Waals surface area contributed by atoms with Crippen molar-refractivity contribution in [2.75, 3.05) is 0 Å². The lowest BCUT2D eigenvalue weighted by Crippen LogP contribution is -1.95. The molecule has 116 valence electrons. The third-order valence-electron chi connectivity index (χ3n) is 4.40. The van der Waals surface area contributed by atoms with Gasteiger partial charge in [-0.3, -0.25) is 4.79 Å². The van der Waals surface area contributed by atoms with Gasteiger partial charge < -0.3 is 0 Å². The average Bonchev–Trinajstić information content (AvgIpc) is 2.98. The molecular formula is C22H15BrO. The van der Waals surface area contributed by atoms with Gasteiger partial charge in [0.15, 0.2) is 5.78 Å². The summed E-state index contributed by atoms with van der Waals surface area (Å²) in [6, 6.07) is 22.3. The Morgan fingerprint density at radius 3 is 2.50 bits per heavy atom. The van der Waals surface area contributed by atoms with Crippen molar-refractivity contribution in [1.29, 1.82) is 0 Å². The summed E-state index contributed by atoms with van der Waals surface area (Å²) in [7, 11) is 0. The molecule has 3 aromatic carbocycles. The van der Waals surface area contributed by atoms with Crippen molar-refractivity contribution in [2.24, 2.45) is 0 Å². The number of carbonyl (C=O) groups is 1. The molecule has 0 amide bonds. The normalized spacial score (nSPS) is 12.2. The summed E-state index contributed by atoms with van der Waals surface area (Å²) in [5.41, 5.74) is 6.79. The lowest BCUT2D eigenvalue weighted by Gasteiger charge is -2.03. The molecule has 0 aliphatic heterocycles. The van der Waals surface area contributed by atoms with Gasteiger partial charge in [0, 0.05) is 10.0 Å². The summed E-state index contributed by atoms with van der Waals surface area (Å²) < 4.78 is 0.983. The fourth-order valence-corrected chi connectivity index (χ4v) is 3.57. The molecular weight excluding hydrogens is 360 g/mol. The molecule has 0 heterocycles. The molecule has 0 radical (unpaired) electrons. The predicted octanol–water partition coefficient (Wildman–Crippen LogP) is 5.92. The van der Waals surface area contributed by atoms with Gasteiger partial charge in [-0.25, -0.2) is 0 Å². The van der Waals surface area contributed by atoms with Crippen LogP contribution in [0, 0.1) is 0 Å². The van der Waals surface area contributed by atoms with Gasteiger partial charge in [-0.2, -0.15) is 0 Å². The molecule has 2 heteroatoms. The van der Waals surface area contributed by atoms with Gasteiger partial charge >= 0.3 is 0 Å². The second kappa shape index (κ2) is 6.21. The summed E-state index contributed by atoms with van der Waals surface area (Å²) >= 11 is 3.50. The lowest BCUT2D eigenvalue weighted by molar-refractivity contribution is 0.104. The maximum Gasteiger partial charge on any atom is 0.185 e. The third kappa shape index (κ3) is 2.74. The van der Waals surface area contributed by atoms with E-state index in [1.165, 1.54) is 22.3 Å². The van der Waals surface area contributed by atoms with Crippen molar-refractivity contribution in [3.8, 4) is 11.1 Å². The molecule has 0 saturated heterocycles. The first-order valence-corrected chi connectivity index (χ1v) is 8.70. The summed E-state index contributed by atoms with van der Waals surface area (Å²) in [6.45, 7) is 0. The molecule has 0 saturated carbocycles. The van der Waals surface area contributed by atoms with Crippen LogP contribution in [0.1, 0.15) is 27.0 Å². The molecule has 24 heavy (non-hydrogen) atoms. The highest BCUT2D eigenvalue weighted by atomic mass is 79.9. The molecule has 0 spiro atoms. The average molecular weight is 375 g/mol. The number of hydrogen-bond acceptors (Lipinski definition) is 1. The third-order valence-corrected chi connectivity index (χ3v) is 5.12. The van der Waals surface area contributed by atoms with Crippen LogP contribution in [-0.2, 0) is 6.42 Å². The monoisotopic (exact) mass is 374 g/mol. The summed E-state index contributed by atoms with van der Waals surface area (Å²) in [6.07, 6.45) is 4.45. The number of ketones is 1. The second-order valence-electron chi connectivity index (χ2n) is 5.92. The summed E-state index contributed by atoms with van der Waals surface area (Å²) in [5, 5.41) is 0. The molecule has 0 unspecified atom stereocenters. The number of benzene rings is 3. The molecule has 1 aliphatic rings. The van der Waals surface area contributed by atoms with E-state index in [1.54, 1.807) is 6.08 Å². The van der Waals surface area contributed by atoms with Crippen molar-refractivity contribution in [3.63, 3.8) is 0 Å². The van der Waals surface area contributed by atoms with E-state index in [9.17, 15) is 4.79 Å². The summed E-state index contributed by atoms with van der Waals surface area (Å²) in [4.78, 5) is 12.5. The van der Waals surface area contributed by atoms with Crippen LogP contribution in [0.5, 0.6) is 0 Å². The van der Waals surface area contributed by atoms with Gasteiger partial charge in [-0.1, -0.05) is 70.5 Å². The largest absolute Gasteiger partial charge is 0.289 e.